The molecule has 2 rings (SSSR count). The van der Waals surface area contributed by atoms with Crippen molar-refractivity contribution in [3.8, 4) is 0 Å². The predicted molar refractivity (Wildman–Crippen MR) is 61.7 cm³/mol. The van der Waals surface area contributed by atoms with E-state index in [1.54, 1.807) is 24.2 Å². The molecule has 0 aliphatic carbocycles. The maximum absolute atomic E-state index is 5.45. The number of hydrogen-bond acceptors (Lipinski definition) is 6. The normalized spacial score (nSPS) is 10.6. The van der Waals surface area contributed by atoms with Gasteiger partial charge in [-0.1, -0.05) is 11.8 Å². The molecule has 84 valence electrons. The largest absolute Gasteiger partial charge is 0.382 e. The van der Waals surface area contributed by atoms with Crippen LogP contribution in [0.25, 0.3) is 0 Å². The number of aryl methyl sites for hydroxylation is 1. The minimum Gasteiger partial charge on any atom is -0.382 e. The second kappa shape index (κ2) is 4.48. The summed E-state index contributed by atoms with van der Waals surface area (Å²) in [4.78, 5) is 8.14. The number of hydrogen-bond donors (Lipinski definition) is 1. The van der Waals surface area contributed by atoms with Crippen LogP contribution in [0.2, 0.25) is 0 Å². The summed E-state index contributed by atoms with van der Waals surface area (Å²) in [6.07, 6.45) is 3.23. The van der Waals surface area contributed by atoms with Gasteiger partial charge < -0.3 is 10.3 Å². The number of nitrogens with zero attached hydrogens (tertiary/aromatic N) is 5. The van der Waals surface area contributed by atoms with E-state index in [4.69, 9.17) is 5.73 Å². The third-order valence-electron chi connectivity index (χ3n) is 2.13. The molecule has 0 fully saturated rings. The second-order valence-corrected chi connectivity index (χ2v) is 4.25. The monoisotopic (exact) mass is 236 g/mol. The Balaban J connectivity index is 2.02. The van der Waals surface area contributed by atoms with E-state index in [2.05, 4.69) is 20.2 Å². The van der Waals surface area contributed by atoms with E-state index in [1.165, 1.54) is 0 Å². The van der Waals surface area contributed by atoms with Gasteiger partial charge in [0.2, 0.25) is 0 Å². The maximum atomic E-state index is 5.45. The van der Waals surface area contributed by atoms with Crippen molar-refractivity contribution in [1.82, 2.24) is 24.7 Å². The third-order valence-corrected chi connectivity index (χ3v) is 3.18. The quantitative estimate of drug-likeness (QED) is 0.793. The highest BCUT2D eigenvalue weighted by Crippen LogP contribution is 2.19. The third kappa shape index (κ3) is 2.30. The summed E-state index contributed by atoms with van der Waals surface area (Å²) in [5, 5.41) is 8.90. The molecule has 0 amide bonds. The highest BCUT2D eigenvalue weighted by Gasteiger charge is 2.06. The Labute approximate surface area is 97.3 Å². The molecule has 7 heteroatoms. The van der Waals surface area contributed by atoms with Gasteiger partial charge >= 0.3 is 0 Å². The van der Waals surface area contributed by atoms with Crippen LogP contribution in [0.1, 0.15) is 11.5 Å². The average Bonchev–Trinajstić information content (AvgIpc) is 2.60. The van der Waals surface area contributed by atoms with E-state index in [1.807, 2.05) is 18.5 Å². The fraction of sp³-hybridized carbons (Fsp3) is 0.333. The summed E-state index contributed by atoms with van der Waals surface area (Å²) in [5.41, 5.74) is 6.33. The van der Waals surface area contributed by atoms with Gasteiger partial charge in [0.05, 0.1) is 18.1 Å². The van der Waals surface area contributed by atoms with E-state index in [0.29, 0.717) is 11.6 Å². The van der Waals surface area contributed by atoms with Crippen LogP contribution in [-0.4, -0.2) is 24.7 Å². The van der Waals surface area contributed by atoms with Gasteiger partial charge in [0.25, 0.3) is 0 Å². The molecule has 2 aromatic heterocycles. The Bertz CT molecular complexity index is 477. The van der Waals surface area contributed by atoms with Crippen LogP contribution >= 0.6 is 11.8 Å². The molecule has 0 saturated heterocycles. The first-order valence-corrected chi connectivity index (χ1v) is 5.70. The van der Waals surface area contributed by atoms with Crippen molar-refractivity contribution >= 4 is 17.6 Å². The molecule has 0 saturated carbocycles. The average molecular weight is 236 g/mol. The summed E-state index contributed by atoms with van der Waals surface area (Å²) >= 11 is 1.57. The standard InChI is InChI=1S/C9H12N6S/c1-6-13-14-9(15(6)2)16-5-7-3-12-8(10)4-11-7/h3-4H,5H2,1-2H3,(H2,10,12). The van der Waals surface area contributed by atoms with Crippen molar-refractivity contribution in [3.05, 3.63) is 23.9 Å². The van der Waals surface area contributed by atoms with E-state index in [-0.39, 0.29) is 0 Å². The minimum atomic E-state index is 0.434. The number of thioether (sulfide) groups is 1. The molecule has 16 heavy (non-hydrogen) atoms. The summed E-state index contributed by atoms with van der Waals surface area (Å²) < 4.78 is 1.94. The lowest BCUT2D eigenvalue weighted by molar-refractivity contribution is 0.765. The number of nitrogens with two attached hydrogens (primary N) is 1. The van der Waals surface area contributed by atoms with Gasteiger partial charge in [0.15, 0.2) is 5.16 Å². The number of aromatic nitrogens is 5. The molecular weight excluding hydrogens is 224 g/mol. The van der Waals surface area contributed by atoms with Gasteiger partial charge in [-0.05, 0) is 6.92 Å². The van der Waals surface area contributed by atoms with Crippen LogP contribution in [-0.2, 0) is 12.8 Å². The Morgan fingerprint density at radius 3 is 2.69 bits per heavy atom. The van der Waals surface area contributed by atoms with E-state index < -0.39 is 0 Å². The molecule has 0 radical (unpaired) electrons. The zero-order chi connectivity index (χ0) is 11.5. The number of nitrogen functional groups attached to an aromatic ring is 1. The fourth-order valence-electron chi connectivity index (χ4n) is 1.09. The maximum Gasteiger partial charge on any atom is 0.191 e. The zero-order valence-corrected chi connectivity index (χ0v) is 9.90. The lowest BCUT2D eigenvalue weighted by Crippen LogP contribution is -1.96. The van der Waals surface area contributed by atoms with E-state index in [9.17, 15) is 0 Å². The van der Waals surface area contributed by atoms with Crippen molar-refractivity contribution in [3.63, 3.8) is 0 Å². The molecule has 0 unspecified atom stereocenters. The molecule has 0 bridgehead atoms. The second-order valence-electron chi connectivity index (χ2n) is 3.31. The molecule has 0 atom stereocenters. The van der Waals surface area contributed by atoms with Gasteiger partial charge in [0, 0.05) is 12.8 Å². The van der Waals surface area contributed by atoms with Crippen LogP contribution in [0, 0.1) is 6.92 Å². The highest BCUT2D eigenvalue weighted by molar-refractivity contribution is 7.98. The summed E-state index contributed by atoms with van der Waals surface area (Å²) in [6.45, 7) is 1.92. The topological polar surface area (TPSA) is 82.5 Å². The first-order chi connectivity index (χ1) is 7.66. The van der Waals surface area contributed by atoms with Gasteiger partial charge in [0.1, 0.15) is 11.6 Å². The Hall–Kier alpha value is -1.63. The Morgan fingerprint density at radius 2 is 2.12 bits per heavy atom. The lowest BCUT2D eigenvalue weighted by atomic mass is 10.5. The Morgan fingerprint density at radius 1 is 1.31 bits per heavy atom. The molecule has 2 N–H and O–H groups in total. The van der Waals surface area contributed by atoms with Crippen molar-refractivity contribution in [2.75, 3.05) is 5.73 Å². The van der Waals surface area contributed by atoms with Crippen LogP contribution in [0.5, 0.6) is 0 Å². The van der Waals surface area contributed by atoms with Crippen LogP contribution in [0.4, 0.5) is 5.82 Å². The Kier molecular flexibility index (Phi) is 3.04. The van der Waals surface area contributed by atoms with Gasteiger partial charge in [-0.2, -0.15) is 0 Å². The smallest absolute Gasteiger partial charge is 0.191 e. The molecule has 0 aliphatic heterocycles. The highest BCUT2D eigenvalue weighted by atomic mass is 32.2. The zero-order valence-electron chi connectivity index (χ0n) is 9.08. The van der Waals surface area contributed by atoms with Crippen molar-refractivity contribution in [2.45, 2.75) is 17.8 Å². The van der Waals surface area contributed by atoms with E-state index in [0.717, 1.165) is 16.7 Å². The summed E-state index contributed by atoms with van der Waals surface area (Å²) in [6, 6.07) is 0. The molecule has 0 aromatic carbocycles. The predicted octanol–water partition coefficient (Wildman–Crippen LogP) is 0.788. The summed E-state index contributed by atoms with van der Waals surface area (Å²) in [7, 11) is 1.94. The molecule has 2 aromatic rings. The molecule has 0 spiro atoms. The number of anilines is 1. The molecule has 0 aliphatic rings. The fourth-order valence-corrected chi connectivity index (χ4v) is 1.94. The lowest BCUT2D eigenvalue weighted by Gasteiger charge is -2.01. The minimum absolute atomic E-state index is 0.434. The molecular formula is C9H12N6S. The summed E-state index contributed by atoms with van der Waals surface area (Å²) in [5.74, 6) is 2.04. The SMILES string of the molecule is Cc1nnc(SCc2cnc(N)cn2)n1C. The van der Waals surface area contributed by atoms with Crippen molar-refractivity contribution < 1.29 is 0 Å². The first kappa shape index (κ1) is 10.9. The van der Waals surface area contributed by atoms with Gasteiger partial charge in [-0.3, -0.25) is 4.98 Å². The first-order valence-electron chi connectivity index (χ1n) is 4.72. The molecule has 2 heterocycles. The van der Waals surface area contributed by atoms with Crippen LogP contribution in [0.3, 0.4) is 0 Å². The van der Waals surface area contributed by atoms with Gasteiger partial charge in [-0.25, -0.2) is 4.98 Å². The van der Waals surface area contributed by atoms with Crippen LogP contribution < -0.4 is 5.73 Å². The van der Waals surface area contributed by atoms with Crippen molar-refractivity contribution in [2.24, 2.45) is 7.05 Å². The van der Waals surface area contributed by atoms with Crippen molar-refractivity contribution in [1.29, 1.82) is 0 Å². The molecule has 6 nitrogen and oxygen atoms in total. The van der Waals surface area contributed by atoms with Crippen LogP contribution in [0.15, 0.2) is 17.6 Å². The number of rotatable bonds is 3. The van der Waals surface area contributed by atoms with Gasteiger partial charge in [-0.15, -0.1) is 10.2 Å². The van der Waals surface area contributed by atoms with E-state index >= 15 is 0 Å².